The summed E-state index contributed by atoms with van der Waals surface area (Å²) in [6.45, 7) is 1.42. The Bertz CT molecular complexity index is 904. The molecule has 6 nitrogen and oxygen atoms in total. The van der Waals surface area contributed by atoms with Gasteiger partial charge in [-0.3, -0.25) is 14.4 Å². The predicted octanol–water partition coefficient (Wildman–Crippen LogP) is 5.46. The van der Waals surface area contributed by atoms with Crippen LogP contribution in [0.4, 0.5) is 11.4 Å². The van der Waals surface area contributed by atoms with Crippen LogP contribution >= 0.6 is 43.5 Å². The average molecular weight is 547 g/mol. The zero-order valence-corrected chi connectivity index (χ0v) is 19.5. The van der Waals surface area contributed by atoms with Crippen molar-refractivity contribution >= 4 is 72.6 Å². The second-order valence-electron chi connectivity index (χ2n) is 6.20. The quantitative estimate of drug-likeness (QED) is 0.431. The van der Waals surface area contributed by atoms with Crippen molar-refractivity contribution in [2.75, 3.05) is 17.2 Å². The lowest BCUT2D eigenvalue weighted by molar-refractivity contribution is -0.147. The molecule has 0 aromatic heterocycles. The standard InChI is InChI=1S/C20H19Br2ClN2O4/c1-12-9-15(22)16(23)10-17(12)25-19(27)11-29-20(28)4-2-3-18(26)24-14-7-5-13(21)6-8-14/h5-10H,2-4,11H2,1H3,(H,24,26)(H,25,27). The molecule has 0 aliphatic rings. The number of amides is 2. The normalized spacial score (nSPS) is 10.3. The van der Waals surface area contributed by atoms with Gasteiger partial charge in [-0.1, -0.05) is 27.5 Å². The summed E-state index contributed by atoms with van der Waals surface area (Å²) in [5, 5.41) is 5.86. The van der Waals surface area contributed by atoms with Crippen molar-refractivity contribution in [1.29, 1.82) is 0 Å². The third-order valence-corrected chi connectivity index (χ3v) is 5.54. The topological polar surface area (TPSA) is 84.5 Å². The molecule has 0 aliphatic heterocycles. The Morgan fingerprint density at radius 2 is 1.69 bits per heavy atom. The number of carbonyl (C=O) groups is 3. The van der Waals surface area contributed by atoms with Crippen LogP contribution in [0.2, 0.25) is 5.02 Å². The van der Waals surface area contributed by atoms with E-state index in [1.807, 2.05) is 19.1 Å². The zero-order valence-electron chi connectivity index (χ0n) is 15.6. The number of carbonyl (C=O) groups excluding carboxylic acids is 3. The number of anilines is 2. The Labute approximate surface area is 190 Å². The van der Waals surface area contributed by atoms with Gasteiger partial charge < -0.3 is 15.4 Å². The summed E-state index contributed by atoms with van der Waals surface area (Å²) in [6, 6.07) is 10.6. The third kappa shape index (κ3) is 8.16. The number of rotatable bonds is 8. The molecule has 0 unspecified atom stereocenters. The van der Waals surface area contributed by atoms with Crippen molar-refractivity contribution < 1.29 is 19.1 Å². The van der Waals surface area contributed by atoms with Gasteiger partial charge in [-0.15, -0.1) is 0 Å². The minimum absolute atomic E-state index is 0.0458. The van der Waals surface area contributed by atoms with Gasteiger partial charge in [-0.2, -0.15) is 0 Å². The highest BCUT2D eigenvalue weighted by atomic mass is 79.9. The summed E-state index contributed by atoms with van der Waals surface area (Å²) >= 11 is 12.6. The Morgan fingerprint density at radius 1 is 1.00 bits per heavy atom. The number of hydrogen-bond acceptors (Lipinski definition) is 4. The second kappa shape index (κ2) is 11.3. The predicted molar refractivity (Wildman–Crippen MR) is 120 cm³/mol. The van der Waals surface area contributed by atoms with E-state index in [-0.39, 0.29) is 18.7 Å². The first-order valence-electron chi connectivity index (χ1n) is 8.71. The first-order valence-corrected chi connectivity index (χ1v) is 10.7. The summed E-state index contributed by atoms with van der Waals surface area (Å²) in [4.78, 5) is 35.6. The SMILES string of the molecule is Cc1cc(Br)c(Cl)cc1NC(=O)COC(=O)CCCC(=O)Nc1ccc(Br)cc1. The number of hydrogen-bond donors (Lipinski definition) is 2. The van der Waals surface area contributed by atoms with E-state index in [4.69, 9.17) is 16.3 Å². The summed E-state index contributed by atoms with van der Waals surface area (Å²) in [6.07, 6.45) is 0.544. The van der Waals surface area contributed by atoms with Crippen LogP contribution in [0.25, 0.3) is 0 Å². The summed E-state index contributed by atoms with van der Waals surface area (Å²) in [5.41, 5.74) is 2.04. The molecule has 29 heavy (non-hydrogen) atoms. The Hall–Kier alpha value is -1.90. The van der Waals surface area contributed by atoms with E-state index in [0.717, 1.165) is 14.5 Å². The second-order valence-corrected chi connectivity index (χ2v) is 8.38. The van der Waals surface area contributed by atoms with Gasteiger partial charge >= 0.3 is 5.97 Å². The van der Waals surface area contributed by atoms with Crippen LogP contribution in [0.1, 0.15) is 24.8 Å². The van der Waals surface area contributed by atoms with Gasteiger partial charge in [-0.05, 0) is 71.2 Å². The first-order chi connectivity index (χ1) is 13.7. The molecule has 2 amide bonds. The lowest BCUT2D eigenvalue weighted by Gasteiger charge is -2.10. The van der Waals surface area contributed by atoms with Crippen molar-refractivity contribution in [3.63, 3.8) is 0 Å². The van der Waals surface area contributed by atoms with E-state index >= 15 is 0 Å². The molecule has 0 bridgehead atoms. The van der Waals surface area contributed by atoms with Crippen LogP contribution in [0.15, 0.2) is 45.3 Å². The lowest BCUT2D eigenvalue weighted by Crippen LogP contribution is -2.21. The third-order valence-electron chi connectivity index (χ3n) is 3.82. The fourth-order valence-corrected chi connectivity index (χ4v) is 3.22. The van der Waals surface area contributed by atoms with Crippen LogP contribution in [0.5, 0.6) is 0 Å². The van der Waals surface area contributed by atoms with Gasteiger partial charge in [-0.25, -0.2) is 0 Å². The molecule has 2 aromatic rings. The molecule has 0 saturated carbocycles. The number of benzene rings is 2. The van der Waals surface area contributed by atoms with Gasteiger partial charge in [0.05, 0.1) is 5.02 Å². The number of halogens is 3. The van der Waals surface area contributed by atoms with Crippen LogP contribution < -0.4 is 10.6 Å². The van der Waals surface area contributed by atoms with Crippen molar-refractivity contribution in [1.82, 2.24) is 0 Å². The van der Waals surface area contributed by atoms with Crippen molar-refractivity contribution in [3.8, 4) is 0 Å². The minimum atomic E-state index is -0.540. The number of nitrogens with one attached hydrogen (secondary N) is 2. The van der Waals surface area contributed by atoms with Crippen LogP contribution in [-0.4, -0.2) is 24.4 Å². The van der Waals surface area contributed by atoms with Crippen LogP contribution in [-0.2, 0) is 19.1 Å². The van der Waals surface area contributed by atoms with Crippen molar-refractivity contribution in [2.24, 2.45) is 0 Å². The number of esters is 1. The molecule has 2 aromatic carbocycles. The molecule has 0 atom stereocenters. The highest BCUT2D eigenvalue weighted by molar-refractivity contribution is 9.10. The molecule has 0 heterocycles. The van der Waals surface area contributed by atoms with E-state index in [9.17, 15) is 14.4 Å². The molecule has 9 heteroatoms. The van der Waals surface area contributed by atoms with E-state index < -0.39 is 18.5 Å². The molecule has 0 aliphatic carbocycles. The smallest absolute Gasteiger partial charge is 0.306 e. The highest BCUT2D eigenvalue weighted by Gasteiger charge is 2.11. The molecule has 154 valence electrons. The van der Waals surface area contributed by atoms with E-state index in [1.165, 1.54) is 0 Å². The van der Waals surface area contributed by atoms with E-state index in [1.54, 1.807) is 24.3 Å². The van der Waals surface area contributed by atoms with Gasteiger partial charge in [0.1, 0.15) is 0 Å². The van der Waals surface area contributed by atoms with Crippen LogP contribution in [0.3, 0.4) is 0 Å². The molecule has 2 rings (SSSR count). The molecular formula is C20H19Br2ClN2O4. The zero-order chi connectivity index (χ0) is 21.4. The first kappa shape index (κ1) is 23.4. The Balaban J connectivity index is 1.67. The maximum atomic E-state index is 12.0. The maximum Gasteiger partial charge on any atom is 0.306 e. The highest BCUT2D eigenvalue weighted by Crippen LogP contribution is 2.28. The van der Waals surface area contributed by atoms with Gasteiger partial charge in [0.2, 0.25) is 5.91 Å². The fraction of sp³-hybridized carbons (Fsp3) is 0.250. The molecule has 0 fully saturated rings. The summed E-state index contributed by atoms with van der Waals surface area (Å²) < 4.78 is 6.60. The number of aryl methyl sites for hydroxylation is 1. The molecule has 0 spiro atoms. The van der Waals surface area contributed by atoms with Crippen molar-refractivity contribution in [3.05, 3.63) is 55.9 Å². The molecule has 0 saturated heterocycles. The van der Waals surface area contributed by atoms with E-state index in [0.29, 0.717) is 22.8 Å². The largest absolute Gasteiger partial charge is 0.456 e. The summed E-state index contributed by atoms with van der Waals surface area (Å²) in [5.74, 6) is -1.20. The van der Waals surface area contributed by atoms with Gasteiger partial charge in [0.15, 0.2) is 6.61 Å². The maximum absolute atomic E-state index is 12.0. The Morgan fingerprint density at radius 3 is 2.38 bits per heavy atom. The molecule has 2 N–H and O–H groups in total. The van der Waals surface area contributed by atoms with Crippen molar-refractivity contribution in [2.45, 2.75) is 26.2 Å². The fourth-order valence-electron chi connectivity index (χ4n) is 2.34. The van der Waals surface area contributed by atoms with E-state index in [2.05, 4.69) is 42.5 Å². The van der Waals surface area contributed by atoms with Gasteiger partial charge in [0.25, 0.3) is 5.91 Å². The summed E-state index contributed by atoms with van der Waals surface area (Å²) in [7, 11) is 0. The van der Waals surface area contributed by atoms with Crippen LogP contribution in [0, 0.1) is 6.92 Å². The molecular weight excluding hydrogens is 527 g/mol. The Kier molecular flexibility index (Phi) is 9.13. The monoisotopic (exact) mass is 544 g/mol. The average Bonchev–Trinajstić information content (AvgIpc) is 2.66. The minimum Gasteiger partial charge on any atom is -0.456 e. The van der Waals surface area contributed by atoms with Gasteiger partial charge in [0, 0.05) is 33.2 Å². The lowest BCUT2D eigenvalue weighted by atomic mass is 10.2. The number of ether oxygens (including phenoxy) is 1. The molecule has 0 radical (unpaired) electrons.